The molecule has 3 unspecified atom stereocenters. The molecule has 102 valence electrons. The van der Waals surface area contributed by atoms with E-state index in [4.69, 9.17) is 5.73 Å². The molecule has 1 rings (SSSR count). The first kappa shape index (κ1) is 14.8. The van der Waals surface area contributed by atoms with Gasteiger partial charge in [-0.2, -0.15) is 0 Å². The quantitative estimate of drug-likeness (QED) is 0.787. The summed E-state index contributed by atoms with van der Waals surface area (Å²) in [7, 11) is 0. The number of alkyl halides is 2. The fraction of sp³-hybridized carbons (Fsp3) is 1.00. The molecule has 0 saturated heterocycles. The minimum atomic E-state index is -2.60. The molecule has 3 N–H and O–H groups in total. The molecule has 2 nitrogen and oxygen atoms in total. The zero-order valence-electron chi connectivity index (χ0n) is 10.8. The van der Waals surface area contributed by atoms with Crippen molar-refractivity contribution in [3.8, 4) is 0 Å². The molecule has 0 aromatic heterocycles. The lowest BCUT2D eigenvalue weighted by atomic mass is 9.77. The Hall–Kier alpha value is -0.220. The first-order valence-electron chi connectivity index (χ1n) is 6.61. The van der Waals surface area contributed by atoms with Gasteiger partial charge in [0.25, 0.3) is 0 Å². The third-order valence-corrected chi connectivity index (χ3v) is 3.72. The van der Waals surface area contributed by atoms with Crippen LogP contribution in [0.3, 0.4) is 0 Å². The first-order chi connectivity index (χ1) is 7.85. The highest BCUT2D eigenvalue weighted by Crippen LogP contribution is 2.39. The molecular weight excluding hydrogens is 224 g/mol. The maximum absolute atomic E-state index is 13.3. The largest absolute Gasteiger partial charge is 0.392 e. The molecule has 0 aliphatic heterocycles. The lowest BCUT2D eigenvalue weighted by Crippen LogP contribution is -2.40. The molecule has 1 aliphatic carbocycles. The normalized spacial score (nSPS) is 28.1. The summed E-state index contributed by atoms with van der Waals surface area (Å²) in [5, 5.41) is 10.2. The Morgan fingerprint density at radius 1 is 1.41 bits per heavy atom. The number of aliphatic hydroxyl groups is 1. The van der Waals surface area contributed by atoms with Crippen LogP contribution in [0, 0.1) is 17.8 Å². The molecule has 0 aromatic rings. The molecule has 3 atom stereocenters. The van der Waals surface area contributed by atoms with Gasteiger partial charge in [0.05, 0.1) is 6.10 Å². The van der Waals surface area contributed by atoms with Crippen molar-refractivity contribution >= 4 is 0 Å². The summed E-state index contributed by atoms with van der Waals surface area (Å²) in [6.07, 6.45) is 1.13. The van der Waals surface area contributed by atoms with Crippen molar-refractivity contribution in [1.82, 2.24) is 0 Å². The van der Waals surface area contributed by atoms with Crippen LogP contribution in [-0.2, 0) is 0 Å². The number of hydrogen-bond acceptors (Lipinski definition) is 2. The Morgan fingerprint density at radius 2 is 2.06 bits per heavy atom. The fourth-order valence-corrected chi connectivity index (χ4v) is 2.87. The summed E-state index contributed by atoms with van der Waals surface area (Å²) in [4.78, 5) is 0. The van der Waals surface area contributed by atoms with Gasteiger partial charge in [-0.3, -0.25) is 0 Å². The van der Waals surface area contributed by atoms with E-state index in [0.29, 0.717) is 25.3 Å². The van der Waals surface area contributed by atoms with Gasteiger partial charge in [-0.15, -0.1) is 0 Å². The van der Waals surface area contributed by atoms with Crippen LogP contribution in [0.15, 0.2) is 0 Å². The van der Waals surface area contributed by atoms with Gasteiger partial charge in [-0.05, 0) is 43.6 Å². The molecule has 1 fully saturated rings. The minimum absolute atomic E-state index is 0.0340. The van der Waals surface area contributed by atoms with Crippen molar-refractivity contribution in [3.05, 3.63) is 0 Å². The highest BCUT2D eigenvalue weighted by molar-refractivity contribution is 4.86. The molecule has 17 heavy (non-hydrogen) atoms. The third-order valence-electron chi connectivity index (χ3n) is 3.72. The number of hydrogen-bond donors (Lipinski definition) is 2. The molecular formula is C13H25F2NO. The molecule has 0 spiro atoms. The molecule has 1 saturated carbocycles. The van der Waals surface area contributed by atoms with Crippen LogP contribution in [0.2, 0.25) is 0 Å². The monoisotopic (exact) mass is 249 g/mol. The van der Waals surface area contributed by atoms with Crippen LogP contribution in [0.5, 0.6) is 0 Å². The Morgan fingerprint density at radius 3 is 2.53 bits per heavy atom. The minimum Gasteiger partial charge on any atom is -0.392 e. The summed E-state index contributed by atoms with van der Waals surface area (Å²) in [6, 6.07) is 0. The van der Waals surface area contributed by atoms with Crippen molar-refractivity contribution in [1.29, 1.82) is 0 Å². The zero-order valence-corrected chi connectivity index (χ0v) is 10.8. The van der Waals surface area contributed by atoms with E-state index in [1.54, 1.807) is 0 Å². The Bertz CT molecular complexity index is 233. The Kier molecular flexibility index (Phi) is 5.32. The van der Waals surface area contributed by atoms with Gasteiger partial charge < -0.3 is 10.8 Å². The van der Waals surface area contributed by atoms with E-state index in [1.807, 2.05) is 0 Å². The van der Waals surface area contributed by atoms with Crippen molar-refractivity contribution in [2.75, 3.05) is 6.54 Å². The van der Waals surface area contributed by atoms with Crippen LogP contribution >= 0.6 is 0 Å². The van der Waals surface area contributed by atoms with Crippen molar-refractivity contribution in [2.24, 2.45) is 23.5 Å². The zero-order chi connectivity index (χ0) is 13.1. The standard InChI is InChI=1S/C13H25F2NO/c1-9(2)6-11(8-16)12(17)10-4-3-5-13(14,15)7-10/h9-12,17H,3-8,16H2,1-2H3. The predicted molar refractivity (Wildman–Crippen MR) is 64.9 cm³/mol. The van der Waals surface area contributed by atoms with Crippen molar-refractivity contribution < 1.29 is 13.9 Å². The number of nitrogens with two attached hydrogens (primary N) is 1. The lowest BCUT2D eigenvalue weighted by molar-refractivity contribution is -0.0856. The van der Waals surface area contributed by atoms with Gasteiger partial charge in [-0.1, -0.05) is 13.8 Å². The number of halogens is 2. The van der Waals surface area contributed by atoms with Crippen LogP contribution in [0.25, 0.3) is 0 Å². The second-order valence-corrected chi connectivity index (χ2v) is 5.83. The second kappa shape index (κ2) is 6.10. The molecule has 0 radical (unpaired) electrons. The van der Waals surface area contributed by atoms with Crippen LogP contribution < -0.4 is 5.73 Å². The van der Waals surface area contributed by atoms with Crippen molar-refractivity contribution in [3.63, 3.8) is 0 Å². The van der Waals surface area contributed by atoms with Gasteiger partial charge in [-0.25, -0.2) is 8.78 Å². The number of aliphatic hydroxyl groups excluding tert-OH is 1. The highest BCUT2D eigenvalue weighted by Gasteiger charge is 2.40. The van der Waals surface area contributed by atoms with E-state index in [-0.39, 0.29) is 24.7 Å². The molecule has 4 heteroatoms. The Labute approximate surface area is 103 Å². The second-order valence-electron chi connectivity index (χ2n) is 5.83. The van der Waals surface area contributed by atoms with E-state index in [9.17, 15) is 13.9 Å². The Balaban J connectivity index is 2.57. The molecule has 0 aromatic carbocycles. The smallest absolute Gasteiger partial charge is 0.248 e. The highest BCUT2D eigenvalue weighted by atomic mass is 19.3. The van der Waals surface area contributed by atoms with Crippen molar-refractivity contribution in [2.45, 2.75) is 58.0 Å². The molecule has 0 amide bonds. The summed E-state index contributed by atoms with van der Waals surface area (Å²) < 4.78 is 26.6. The van der Waals surface area contributed by atoms with E-state index in [2.05, 4.69) is 13.8 Å². The lowest BCUT2D eigenvalue weighted by Gasteiger charge is -2.35. The maximum atomic E-state index is 13.3. The third kappa shape index (κ3) is 4.51. The van der Waals surface area contributed by atoms with E-state index in [0.717, 1.165) is 6.42 Å². The van der Waals surface area contributed by atoms with E-state index >= 15 is 0 Å². The average Bonchev–Trinajstić information content (AvgIpc) is 2.23. The average molecular weight is 249 g/mol. The predicted octanol–water partition coefficient (Wildman–Crippen LogP) is 2.79. The van der Waals surface area contributed by atoms with Gasteiger partial charge in [0.2, 0.25) is 5.92 Å². The summed E-state index contributed by atoms with van der Waals surface area (Å²) in [5.74, 6) is -2.50. The van der Waals surface area contributed by atoms with Gasteiger partial charge >= 0.3 is 0 Å². The van der Waals surface area contributed by atoms with E-state index in [1.165, 1.54) is 0 Å². The first-order valence-corrected chi connectivity index (χ1v) is 6.61. The maximum Gasteiger partial charge on any atom is 0.248 e. The van der Waals surface area contributed by atoms with Crippen LogP contribution in [0.1, 0.15) is 46.0 Å². The molecule has 0 heterocycles. The van der Waals surface area contributed by atoms with E-state index < -0.39 is 12.0 Å². The van der Waals surface area contributed by atoms with Gasteiger partial charge in [0.15, 0.2) is 0 Å². The van der Waals surface area contributed by atoms with Crippen LogP contribution in [-0.4, -0.2) is 23.7 Å². The van der Waals surface area contributed by atoms with Gasteiger partial charge in [0.1, 0.15) is 0 Å². The van der Waals surface area contributed by atoms with Crippen LogP contribution in [0.4, 0.5) is 8.78 Å². The SMILES string of the molecule is CC(C)CC(CN)C(O)C1CCCC(F)(F)C1. The number of rotatable bonds is 5. The summed E-state index contributed by atoms with van der Waals surface area (Å²) >= 11 is 0. The fourth-order valence-electron chi connectivity index (χ4n) is 2.87. The summed E-state index contributed by atoms with van der Waals surface area (Å²) in [5.41, 5.74) is 5.65. The van der Waals surface area contributed by atoms with Gasteiger partial charge in [0, 0.05) is 12.8 Å². The molecule has 1 aliphatic rings. The summed E-state index contributed by atoms with van der Waals surface area (Å²) in [6.45, 7) is 4.50. The topological polar surface area (TPSA) is 46.2 Å². The molecule has 0 bridgehead atoms.